The van der Waals surface area contributed by atoms with Crippen LogP contribution in [0.5, 0.6) is 0 Å². The fourth-order valence-electron chi connectivity index (χ4n) is 2.61. The molecule has 0 fully saturated rings. The molecule has 96 valence electrons. The van der Waals surface area contributed by atoms with Gasteiger partial charge < -0.3 is 4.42 Å². The molecule has 0 atom stereocenters. The Balaban J connectivity index is 2.17. The van der Waals surface area contributed by atoms with Crippen LogP contribution in [0.1, 0.15) is 5.56 Å². The number of aryl methyl sites for hydroxylation is 1. The van der Waals surface area contributed by atoms with E-state index in [0.717, 1.165) is 38.8 Å². The second-order valence-corrected chi connectivity index (χ2v) is 4.82. The molecular weight excluding hydrogens is 248 g/mol. The van der Waals surface area contributed by atoms with Crippen molar-refractivity contribution in [2.24, 2.45) is 0 Å². The van der Waals surface area contributed by atoms with Gasteiger partial charge in [-0.25, -0.2) is 0 Å². The van der Waals surface area contributed by atoms with Crippen molar-refractivity contribution in [2.45, 2.75) is 6.92 Å². The number of hydrogen-bond acceptors (Lipinski definition) is 3. The third-order valence-electron chi connectivity index (χ3n) is 3.57. The van der Waals surface area contributed by atoms with E-state index in [1.165, 1.54) is 0 Å². The Kier molecular flexibility index (Phi) is 2.33. The van der Waals surface area contributed by atoms with Gasteiger partial charge in [0.25, 0.3) is 0 Å². The molecule has 0 aliphatic heterocycles. The predicted molar refractivity (Wildman–Crippen MR) is 79.5 cm³/mol. The molecule has 4 aromatic rings. The summed E-state index contributed by atoms with van der Waals surface area (Å²) in [6.45, 7) is 2.08. The summed E-state index contributed by atoms with van der Waals surface area (Å²) in [7, 11) is 0. The van der Waals surface area contributed by atoms with E-state index in [1.54, 1.807) is 12.4 Å². The largest absolute Gasteiger partial charge is 0.455 e. The highest BCUT2D eigenvalue weighted by Crippen LogP contribution is 2.36. The number of benzene rings is 1. The number of fused-ring (bicyclic) bond motifs is 3. The summed E-state index contributed by atoms with van der Waals surface area (Å²) >= 11 is 0. The van der Waals surface area contributed by atoms with Crippen LogP contribution in [0.2, 0.25) is 0 Å². The maximum absolute atomic E-state index is 6.04. The summed E-state index contributed by atoms with van der Waals surface area (Å²) in [4.78, 5) is 8.64. The topological polar surface area (TPSA) is 38.9 Å². The number of rotatable bonds is 1. The van der Waals surface area contributed by atoms with E-state index in [2.05, 4.69) is 29.0 Å². The normalized spacial score (nSPS) is 11.2. The van der Waals surface area contributed by atoms with Gasteiger partial charge in [-0.2, -0.15) is 0 Å². The zero-order chi connectivity index (χ0) is 13.5. The lowest BCUT2D eigenvalue weighted by Gasteiger charge is -2.05. The van der Waals surface area contributed by atoms with Crippen LogP contribution in [0.15, 0.2) is 59.4 Å². The third kappa shape index (κ3) is 1.53. The van der Waals surface area contributed by atoms with E-state index in [1.807, 2.05) is 30.5 Å². The molecule has 0 saturated carbocycles. The maximum atomic E-state index is 6.04. The van der Waals surface area contributed by atoms with Crippen LogP contribution in [-0.4, -0.2) is 9.97 Å². The van der Waals surface area contributed by atoms with Crippen LogP contribution in [-0.2, 0) is 0 Å². The van der Waals surface area contributed by atoms with E-state index >= 15 is 0 Å². The Hall–Kier alpha value is -2.68. The minimum absolute atomic E-state index is 0.859. The number of pyridine rings is 2. The van der Waals surface area contributed by atoms with Crippen LogP contribution in [0.25, 0.3) is 33.2 Å². The second-order valence-electron chi connectivity index (χ2n) is 4.82. The first kappa shape index (κ1) is 11.2. The van der Waals surface area contributed by atoms with Gasteiger partial charge in [-0.1, -0.05) is 18.2 Å². The van der Waals surface area contributed by atoms with Crippen molar-refractivity contribution in [3.63, 3.8) is 0 Å². The quantitative estimate of drug-likeness (QED) is 0.510. The van der Waals surface area contributed by atoms with Gasteiger partial charge in [0.1, 0.15) is 11.2 Å². The van der Waals surface area contributed by atoms with Crippen molar-refractivity contribution in [3.05, 3.63) is 60.6 Å². The Morgan fingerprint density at radius 1 is 0.950 bits per heavy atom. The molecule has 0 saturated heterocycles. The van der Waals surface area contributed by atoms with E-state index in [9.17, 15) is 0 Å². The van der Waals surface area contributed by atoms with Crippen LogP contribution in [0, 0.1) is 6.92 Å². The lowest BCUT2D eigenvalue weighted by Crippen LogP contribution is -1.86. The van der Waals surface area contributed by atoms with Gasteiger partial charge in [-0.05, 0) is 30.7 Å². The van der Waals surface area contributed by atoms with Crippen LogP contribution < -0.4 is 0 Å². The van der Waals surface area contributed by atoms with Gasteiger partial charge in [0.2, 0.25) is 0 Å². The Morgan fingerprint density at radius 2 is 1.90 bits per heavy atom. The summed E-state index contributed by atoms with van der Waals surface area (Å²) in [5, 5.41) is 2.12. The van der Waals surface area contributed by atoms with Crippen molar-refractivity contribution in [1.29, 1.82) is 0 Å². The zero-order valence-corrected chi connectivity index (χ0v) is 11.0. The fourth-order valence-corrected chi connectivity index (χ4v) is 2.61. The molecule has 3 aromatic heterocycles. The second kappa shape index (κ2) is 4.17. The molecule has 0 aliphatic carbocycles. The van der Waals surface area contributed by atoms with E-state index in [-0.39, 0.29) is 0 Å². The first-order chi connectivity index (χ1) is 9.84. The summed E-state index contributed by atoms with van der Waals surface area (Å²) in [5.74, 6) is 0. The molecule has 0 N–H and O–H groups in total. The van der Waals surface area contributed by atoms with E-state index in [4.69, 9.17) is 4.42 Å². The fraction of sp³-hybridized carbons (Fsp3) is 0.0588. The molecule has 0 amide bonds. The maximum Gasteiger partial charge on any atom is 0.145 e. The molecule has 0 aliphatic rings. The van der Waals surface area contributed by atoms with Crippen LogP contribution >= 0.6 is 0 Å². The summed E-state index contributed by atoms with van der Waals surface area (Å²) in [5.41, 5.74) is 4.88. The molecule has 3 nitrogen and oxygen atoms in total. The molecule has 0 radical (unpaired) electrons. The highest BCUT2D eigenvalue weighted by Gasteiger charge is 2.14. The van der Waals surface area contributed by atoms with Gasteiger partial charge in [-0.15, -0.1) is 0 Å². The third-order valence-corrected chi connectivity index (χ3v) is 3.57. The molecule has 1 aromatic carbocycles. The number of furan rings is 1. The molecule has 3 heterocycles. The van der Waals surface area contributed by atoms with Gasteiger partial charge >= 0.3 is 0 Å². The Labute approximate surface area is 115 Å². The number of nitrogens with zero attached hydrogens (tertiary/aromatic N) is 2. The van der Waals surface area contributed by atoms with Crippen molar-refractivity contribution in [2.75, 3.05) is 0 Å². The van der Waals surface area contributed by atoms with Crippen molar-refractivity contribution < 1.29 is 4.42 Å². The smallest absolute Gasteiger partial charge is 0.145 e. The van der Waals surface area contributed by atoms with Crippen LogP contribution in [0.4, 0.5) is 0 Å². The minimum Gasteiger partial charge on any atom is -0.455 e. The lowest BCUT2D eigenvalue weighted by atomic mass is 10.0. The minimum atomic E-state index is 0.859. The van der Waals surface area contributed by atoms with Crippen molar-refractivity contribution >= 4 is 21.9 Å². The molecule has 0 unspecified atom stereocenters. The molecule has 0 bridgehead atoms. The summed E-state index contributed by atoms with van der Waals surface area (Å²) in [6, 6.07) is 12.0. The van der Waals surface area contributed by atoms with E-state index < -0.39 is 0 Å². The Bertz CT molecular complexity index is 910. The van der Waals surface area contributed by atoms with Gasteiger partial charge in [0.15, 0.2) is 0 Å². The highest BCUT2D eigenvalue weighted by molar-refractivity contribution is 6.09. The first-order valence-corrected chi connectivity index (χ1v) is 6.52. The van der Waals surface area contributed by atoms with Gasteiger partial charge in [0.05, 0.1) is 5.69 Å². The molecule has 20 heavy (non-hydrogen) atoms. The standard InChI is InChI=1S/C17H12N2O/c1-11-5-6-12-13-10-18-9-7-15(13)20-17(12)16(11)14-4-2-3-8-19-14/h2-10H,1H3. The van der Waals surface area contributed by atoms with E-state index in [0.29, 0.717) is 0 Å². The Morgan fingerprint density at radius 3 is 2.75 bits per heavy atom. The molecular formula is C17H12N2O. The predicted octanol–water partition coefficient (Wildman–Crippen LogP) is 4.35. The number of hydrogen-bond donors (Lipinski definition) is 0. The zero-order valence-electron chi connectivity index (χ0n) is 11.0. The molecule has 4 rings (SSSR count). The lowest BCUT2D eigenvalue weighted by molar-refractivity contribution is 0.669. The van der Waals surface area contributed by atoms with Gasteiger partial charge in [0, 0.05) is 34.9 Å². The van der Waals surface area contributed by atoms with Crippen molar-refractivity contribution in [1.82, 2.24) is 9.97 Å². The monoisotopic (exact) mass is 260 g/mol. The number of aromatic nitrogens is 2. The van der Waals surface area contributed by atoms with Crippen molar-refractivity contribution in [3.8, 4) is 11.3 Å². The highest BCUT2D eigenvalue weighted by atomic mass is 16.3. The molecule has 0 spiro atoms. The average Bonchev–Trinajstić information content (AvgIpc) is 2.86. The van der Waals surface area contributed by atoms with Crippen LogP contribution in [0.3, 0.4) is 0 Å². The molecule has 3 heteroatoms. The summed E-state index contributed by atoms with van der Waals surface area (Å²) in [6.07, 6.45) is 5.40. The first-order valence-electron chi connectivity index (χ1n) is 6.52. The van der Waals surface area contributed by atoms with Gasteiger partial charge in [-0.3, -0.25) is 9.97 Å². The average molecular weight is 260 g/mol. The summed E-state index contributed by atoms with van der Waals surface area (Å²) < 4.78 is 6.04. The SMILES string of the molecule is Cc1ccc2c(oc3ccncc32)c1-c1ccccn1.